The lowest BCUT2D eigenvalue weighted by molar-refractivity contribution is 0.195. The summed E-state index contributed by atoms with van der Waals surface area (Å²) in [7, 11) is 1.72. The number of amides is 2. The molecule has 0 fully saturated rings. The minimum atomic E-state index is -0.178. The van der Waals surface area contributed by atoms with Gasteiger partial charge in [0, 0.05) is 24.4 Å². The van der Waals surface area contributed by atoms with Crippen molar-refractivity contribution in [2.75, 3.05) is 13.7 Å². The lowest BCUT2D eigenvalue weighted by Gasteiger charge is -2.23. The molecule has 1 aliphatic rings. The smallest absolute Gasteiger partial charge is 0.318 e. The molecule has 0 spiro atoms. The predicted molar refractivity (Wildman–Crippen MR) is 105 cm³/mol. The van der Waals surface area contributed by atoms with Crippen molar-refractivity contribution in [3.8, 4) is 5.75 Å². The molecule has 0 bridgehead atoms. The number of hydrogen-bond acceptors (Lipinski definition) is 5. The normalized spacial score (nSPS) is 16.1. The predicted octanol–water partition coefficient (Wildman–Crippen LogP) is 3.84. The highest BCUT2D eigenvalue weighted by Crippen LogP contribution is 2.37. The van der Waals surface area contributed by atoms with E-state index < -0.39 is 0 Å². The maximum atomic E-state index is 12.8. The van der Waals surface area contributed by atoms with Crippen molar-refractivity contribution in [3.63, 3.8) is 0 Å². The number of carbonyl (C=O) groups is 1. The quantitative estimate of drug-likeness (QED) is 0.744. The fourth-order valence-corrected chi connectivity index (χ4v) is 3.49. The third-order valence-electron chi connectivity index (χ3n) is 5.01. The number of aromatic nitrogens is 2. The van der Waals surface area contributed by atoms with Crippen LogP contribution in [0.1, 0.15) is 43.1 Å². The molecule has 0 saturated heterocycles. The maximum absolute atomic E-state index is 12.8. The highest BCUT2D eigenvalue weighted by Gasteiger charge is 2.24. The van der Waals surface area contributed by atoms with Gasteiger partial charge in [-0.1, -0.05) is 48.5 Å². The molecule has 1 unspecified atom stereocenters. The Hall–Kier alpha value is -3.09. The van der Waals surface area contributed by atoms with Gasteiger partial charge in [0.05, 0.1) is 12.6 Å². The summed E-state index contributed by atoms with van der Waals surface area (Å²) < 4.78 is 11.2. The van der Waals surface area contributed by atoms with E-state index in [1.807, 2.05) is 19.1 Å². The molecule has 2 aromatic carbocycles. The van der Waals surface area contributed by atoms with Gasteiger partial charge in [0.2, 0.25) is 5.89 Å². The lowest BCUT2D eigenvalue weighted by atomic mass is 9.98. The molecule has 28 heavy (non-hydrogen) atoms. The number of carbonyl (C=O) groups excluding carboxylic acids is 1. The van der Waals surface area contributed by atoms with Crippen LogP contribution in [0, 0.1) is 0 Å². The van der Waals surface area contributed by atoms with Crippen molar-refractivity contribution in [1.29, 1.82) is 0 Å². The molecule has 0 radical (unpaired) electrons. The minimum Gasteiger partial charge on any atom is -0.493 e. The van der Waals surface area contributed by atoms with E-state index in [-0.39, 0.29) is 18.6 Å². The third kappa shape index (κ3) is 3.65. The van der Waals surface area contributed by atoms with Crippen molar-refractivity contribution < 1.29 is 14.1 Å². The maximum Gasteiger partial charge on any atom is 0.318 e. The number of ether oxygens (including phenoxy) is 1. The van der Waals surface area contributed by atoms with Gasteiger partial charge in [-0.05, 0) is 18.2 Å². The second-order valence-electron chi connectivity index (χ2n) is 7.01. The summed E-state index contributed by atoms with van der Waals surface area (Å²) in [6.07, 6.45) is 2.40. The summed E-state index contributed by atoms with van der Waals surface area (Å²) in [5.74, 6) is 1.95. The van der Waals surface area contributed by atoms with Crippen LogP contribution < -0.4 is 10.1 Å². The molecule has 1 atom stereocenters. The first-order chi connectivity index (χ1) is 13.7. The van der Waals surface area contributed by atoms with Gasteiger partial charge < -0.3 is 19.5 Å². The van der Waals surface area contributed by atoms with E-state index in [1.165, 1.54) is 0 Å². The van der Waals surface area contributed by atoms with Crippen molar-refractivity contribution in [2.45, 2.75) is 38.8 Å². The van der Waals surface area contributed by atoms with Gasteiger partial charge in [0.1, 0.15) is 12.3 Å². The summed E-state index contributed by atoms with van der Waals surface area (Å²) in [5.41, 5.74) is 1.02. The molecular formula is C21H24N4O3. The van der Waals surface area contributed by atoms with E-state index in [2.05, 4.69) is 39.7 Å². The van der Waals surface area contributed by atoms with Gasteiger partial charge >= 0.3 is 6.03 Å². The highest BCUT2D eigenvalue weighted by atomic mass is 16.5. The van der Waals surface area contributed by atoms with Crippen molar-refractivity contribution in [2.24, 2.45) is 0 Å². The average molecular weight is 380 g/mol. The van der Waals surface area contributed by atoms with E-state index in [4.69, 9.17) is 9.26 Å². The van der Waals surface area contributed by atoms with Crippen molar-refractivity contribution in [3.05, 3.63) is 53.7 Å². The first kappa shape index (κ1) is 18.3. The molecule has 1 aromatic heterocycles. The first-order valence-corrected chi connectivity index (χ1v) is 9.63. The number of urea groups is 1. The number of nitrogens with one attached hydrogen (secondary N) is 1. The van der Waals surface area contributed by atoms with E-state index in [1.54, 1.807) is 11.9 Å². The van der Waals surface area contributed by atoms with E-state index in [0.717, 1.165) is 34.9 Å². The van der Waals surface area contributed by atoms with Gasteiger partial charge in [-0.2, -0.15) is 4.98 Å². The molecule has 2 heterocycles. The Morgan fingerprint density at radius 2 is 2.14 bits per heavy atom. The Balaban J connectivity index is 1.53. The zero-order valence-corrected chi connectivity index (χ0v) is 16.1. The molecular weight excluding hydrogens is 356 g/mol. The van der Waals surface area contributed by atoms with Crippen LogP contribution in [0.4, 0.5) is 4.79 Å². The fraction of sp³-hybridized carbons (Fsp3) is 0.381. The highest BCUT2D eigenvalue weighted by molar-refractivity contribution is 5.90. The van der Waals surface area contributed by atoms with Crippen LogP contribution in [-0.4, -0.2) is 34.7 Å². The molecule has 1 N–H and O–H groups in total. The zero-order valence-electron chi connectivity index (χ0n) is 16.1. The standard InChI is InChI=1S/C21H24N4O3/c1-3-18-23-19(28-24-18)13-25(2)21(26)22-17-9-6-12-27-20-15-8-5-4-7-14(15)10-11-16(17)20/h4-5,7-8,10-11,17H,3,6,9,12-13H2,1-2H3,(H,22,26). The third-order valence-corrected chi connectivity index (χ3v) is 5.01. The van der Waals surface area contributed by atoms with Crippen molar-refractivity contribution >= 4 is 16.8 Å². The zero-order chi connectivity index (χ0) is 19.5. The van der Waals surface area contributed by atoms with Crippen molar-refractivity contribution in [1.82, 2.24) is 20.4 Å². The van der Waals surface area contributed by atoms with E-state index in [9.17, 15) is 4.79 Å². The number of benzene rings is 2. The number of aryl methyl sites for hydroxylation is 1. The Morgan fingerprint density at radius 1 is 1.29 bits per heavy atom. The Bertz CT molecular complexity index is 985. The molecule has 7 heteroatoms. The summed E-state index contributed by atoms with van der Waals surface area (Å²) in [4.78, 5) is 18.6. The van der Waals surface area contributed by atoms with Gasteiger partial charge in [-0.3, -0.25) is 0 Å². The number of fused-ring (bicyclic) bond motifs is 3. The summed E-state index contributed by atoms with van der Waals surface area (Å²) >= 11 is 0. The van der Waals surface area contributed by atoms with Crippen LogP contribution >= 0.6 is 0 Å². The number of rotatable bonds is 4. The Labute approximate surface area is 163 Å². The van der Waals surface area contributed by atoms with Crippen LogP contribution in [0.5, 0.6) is 5.75 Å². The van der Waals surface area contributed by atoms with Gasteiger partial charge in [0.15, 0.2) is 5.82 Å². The topological polar surface area (TPSA) is 80.5 Å². The monoisotopic (exact) mass is 380 g/mol. The minimum absolute atomic E-state index is 0.106. The van der Waals surface area contributed by atoms with E-state index >= 15 is 0 Å². The summed E-state index contributed by atoms with van der Waals surface area (Å²) in [5, 5.41) is 9.22. The van der Waals surface area contributed by atoms with Gasteiger partial charge in [-0.15, -0.1) is 0 Å². The SMILES string of the molecule is CCc1noc(CN(C)C(=O)NC2CCCOc3c2ccc2ccccc32)n1. The molecule has 0 saturated carbocycles. The summed E-state index contributed by atoms with van der Waals surface area (Å²) in [6, 6.07) is 12.0. The second-order valence-corrected chi connectivity index (χ2v) is 7.01. The number of hydrogen-bond donors (Lipinski definition) is 1. The van der Waals surface area contributed by atoms with Crippen LogP contribution in [-0.2, 0) is 13.0 Å². The summed E-state index contributed by atoms with van der Waals surface area (Å²) in [6.45, 7) is 2.87. The molecule has 1 aliphatic heterocycles. The largest absolute Gasteiger partial charge is 0.493 e. The first-order valence-electron chi connectivity index (χ1n) is 9.63. The second kappa shape index (κ2) is 7.88. The van der Waals surface area contributed by atoms with E-state index in [0.29, 0.717) is 24.7 Å². The van der Waals surface area contributed by atoms with Crippen LogP contribution in [0.2, 0.25) is 0 Å². The average Bonchev–Trinajstić information content (AvgIpc) is 3.07. The molecule has 3 aromatic rings. The van der Waals surface area contributed by atoms with Gasteiger partial charge in [-0.25, -0.2) is 4.79 Å². The fourth-order valence-electron chi connectivity index (χ4n) is 3.49. The molecule has 0 aliphatic carbocycles. The molecule has 4 rings (SSSR count). The van der Waals surface area contributed by atoms with Gasteiger partial charge in [0.25, 0.3) is 0 Å². The number of nitrogens with zero attached hydrogens (tertiary/aromatic N) is 3. The Morgan fingerprint density at radius 3 is 2.96 bits per heavy atom. The van der Waals surface area contributed by atoms with Crippen LogP contribution in [0.3, 0.4) is 0 Å². The molecule has 7 nitrogen and oxygen atoms in total. The lowest BCUT2D eigenvalue weighted by Crippen LogP contribution is -2.39. The molecule has 2 amide bonds. The Kier molecular flexibility index (Phi) is 5.14. The molecule has 146 valence electrons. The van der Waals surface area contributed by atoms with Crippen LogP contribution in [0.25, 0.3) is 10.8 Å². The van der Waals surface area contributed by atoms with Crippen LogP contribution in [0.15, 0.2) is 40.9 Å².